The first-order valence-electron chi connectivity index (χ1n) is 11.0. The number of amides is 2. The van der Waals surface area contributed by atoms with E-state index in [2.05, 4.69) is 5.32 Å². The molecule has 2 fully saturated rings. The zero-order chi connectivity index (χ0) is 23.4. The van der Waals surface area contributed by atoms with Crippen LogP contribution in [0.15, 0.2) is 47.4 Å². The van der Waals surface area contributed by atoms with Gasteiger partial charge in [0.05, 0.1) is 31.1 Å². The van der Waals surface area contributed by atoms with Gasteiger partial charge in [0.15, 0.2) is 0 Å². The topological polar surface area (TPSA) is 105 Å². The van der Waals surface area contributed by atoms with E-state index in [-0.39, 0.29) is 29.6 Å². The average Bonchev–Trinajstić information content (AvgIpc) is 3.26. The smallest absolute Gasteiger partial charge is 0.257 e. The molecule has 0 atom stereocenters. The number of morpholine rings is 1. The lowest BCUT2D eigenvalue weighted by Gasteiger charge is -2.27. The Balaban J connectivity index is 1.64. The van der Waals surface area contributed by atoms with Crippen LogP contribution in [-0.2, 0) is 19.6 Å². The Labute approximate surface area is 193 Å². The zero-order valence-corrected chi connectivity index (χ0v) is 19.3. The summed E-state index contributed by atoms with van der Waals surface area (Å²) in [4.78, 5) is 26.9. The molecule has 1 N–H and O–H groups in total. The van der Waals surface area contributed by atoms with Crippen LogP contribution >= 0.6 is 0 Å². The van der Waals surface area contributed by atoms with Crippen molar-refractivity contribution in [3.63, 3.8) is 0 Å². The van der Waals surface area contributed by atoms with Crippen molar-refractivity contribution >= 4 is 33.2 Å². The third-order valence-corrected chi connectivity index (χ3v) is 7.52. The van der Waals surface area contributed by atoms with Crippen molar-refractivity contribution in [2.75, 3.05) is 49.7 Å². The molecule has 0 unspecified atom stereocenters. The van der Waals surface area contributed by atoms with Gasteiger partial charge in [-0.2, -0.15) is 4.31 Å². The minimum atomic E-state index is -3.84. The molecule has 10 heteroatoms. The molecule has 176 valence electrons. The van der Waals surface area contributed by atoms with E-state index in [1.54, 1.807) is 48.2 Å². The monoisotopic (exact) mass is 473 g/mol. The highest BCUT2D eigenvalue weighted by atomic mass is 32.2. The standard InChI is InChI=1S/C23H27N3O6S/c1-2-32-20-10-9-17(16-21(20)33(29,30)25-12-14-31-15-13-25)24-23(28)18-6-3-4-7-19(18)26-11-5-8-22(26)27/h3-4,6-7,9-10,16H,2,5,8,11-15H2,1H3,(H,24,28). The number of carbonyl (C=O) groups is 2. The van der Waals surface area contributed by atoms with Gasteiger partial charge in [-0.05, 0) is 43.7 Å². The van der Waals surface area contributed by atoms with Crippen LogP contribution in [0, 0.1) is 0 Å². The lowest BCUT2D eigenvalue weighted by molar-refractivity contribution is -0.117. The third kappa shape index (κ3) is 4.87. The fraction of sp³-hybridized carbons (Fsp3) is 0.391. The van der Waals surface area contributed by atoms with Gasteiger partial charge in [-0.25, -0.2) is 8.42 Å². The zero-order valence-electron chi connectivity index (χ0n) is 18.5. The number of ether oxygens (including phenoxy) is 2. The molecule has 0 aliphatic carbocycles. The van der Waals surface area contributed by atoms with Crippen molar-refractivity contribution in [1.29, 1.82) is 0 Å². The number of para-hydroxylation sites is 1. The molecule has 0 spiro atoms. The van der Waals surface area contributed by atoms with Crippen LogP contribution in [0.3, 0.4) is 0 Å². The maximum atomic E-state index is 13.3. The predicted molar refractivity (Wildman–Crippen MR) is 123 cm³/mol. The minimum absolute atomic E-state index is 0.00736. The van der Waals surface area contributed by atoms with Gasteiger partial charge in [-0.15, -0.1) is 0 Å². The molecule has 2 aromatic rings. The van der Waals surface area contributed by atoms with E-state index in [0.29, 0.717) is 49.7 Å². The molecular formula is C23H27N3O6S. The first-order chi connectivity index (χ1) is 15.9. The molecule has 0 bridgehead atoms. The fourth-order valence-electron chi connectivity index (χ4n) is 3.99. The van der Waals surface area contributed by atoms with Gasteiger partial charge in [0.25, 0.3) is 5.91 Å². The van der Waals surface area contributed by atoms with Gasteiger partial charge in [-0.1, -0.05) is 12.1 Å². The predicted octanol–water partition coefficient (Wildman–Crippen LogP) is 2.49. The largest absolute Gasteiger partial charge is 0.492 e. The van der Waals surface area contributed by atoms with Crippen LogP contribution < -0.4 is 15.0 Å². The van der Waals surface area contributed by atoms with Crippen molar-refractivity contribution in [1.82, 2.24) is 4.31 Å². The molecule has 0 aromatic heterocycles. The molecule has 0 radical (unpaired) electrons. The highest BCUT2D eigenvalue weighted by molar-refractivity contribution is 7.89. The molecule has 2 aliphatic heterocycles. The molecule has 0 saturated carbocycles. The molecule has 4 rings (SSSR count). The second kappa shape index (κ2) is 9.90. The number of benzene rings is 2. The number of hydrogen-bond acceptors (Lipinski definition) is 6. The van der Waals surface area contributed by atoms with E-state index in [0.717, 1.165) is 6.42 Å². The summed E-state index contributed by atoms with van der Waals surface area (Å²) in [6, 6.07) is 11.5. The minimum Gasteiger partial charge on any atom is -0.492 e. The second-order valence-corrected chi connectivity index (χ2v) is 9.64. The SMILES string of the molecule is CCOc1ccc(NC(=O)c2ccccc2N2CCCC2=O)cc1S(=O)(=O)N1CCOCC1. The van der Waals surface area contributed by atoms with E-state index < -0.39 is 15.9 Å². The number of nitrogens with one attached hydrogen (secondary N) is 1. The number of rotatable bonds is 7. The summed E-state index contributed by atoms with van der Waals surface area (Å²) in [7, 11) is -3.84. The fourth-order valence-corrected chi connectivity index (χ4v) is 5.56. The first kappa shape index (κ1) is 23.2. The summed E-state index contributed by atoms with van der Waals surface area (Å²) in [5.41, 5.74) is 1.21. The third-order valence-electron chi connectivity index (χ3n) is 5.60. The highest BCUT2D eigenvalue weighted by Gasteiger charge is 2.30. The summed E-state index contributed by atoms with van der Waals surface area (Å²) >= 11 is 0. The second-order valence-electron chi connectivity index (χ2n) is 7.73. The molecular weight excluding hydrogens is 446 g/mol. The number of carbonyl (C=O) groups excluding carboxylic acids is 2. The molecule has 33 heavy (non-hydrogen) atoms. The summed E-state index contributed by atoms with van der Waals surface area (Å²) in [6.45, 7) is 3.79. The summed E-state index contributed by atoms with van der Waals surface area (Å²) in [5, 5.41) is 2.78. The molecule has 2 saturated heterocycles. The van der Waals surface area contributed by atoms with Crippen molar-refractivity contribution in [3.05, 3.63) is 48.0 Å². The number of sulfonamides is 1. The van der Waals surface area contributed by atoms with Crippen molar-refractivity contribution in [2.24, 2.45) is 0 Å². The first-order valence-corrected chi connectivity index (χ1v) is 12.4. The van der Waals surface area contributed by atoms with Crippen molar-refractivity contribution in [3.8, 4) is 5.75 Å². The number of nitrogens with zero attached hydrogens (tertiary/aromatic N) is 2. The van der Waals surface area contributed by atoms with Gasteiger partial charge in [-0.3, -0.25) is 9.59 Å². The van der Waals surface area contributed by atoms with Crippen LogP contribution in [0.4, 0.5) is 11.4 Å². The Kier molecular flexibility index (Phi) is 6.96. The molecule has 2 heterocycles. The van der Waals surface area contributed by atoms with Crippen molar-refractivity contribution < 1.29 is 27.5 Å². The van der Waals surface area contributed by atoms with Crippen LogP contribution in [-0.4, -0.2) is 64.0 Å². The van der Waals surface area contributed by atoms with Gasteiger partial charge >= 0.3 is 0 Å². The Morgan fingerprint density at radius 1 is 1.12 bits per heavy atom. The van der Waals surface area contributed by atoms with Crippen LogP contribution in [0.5, 0.6) is 5.75 Å². The highest BCUT2D eigenvalue weighted by Crippen LogP contribution is 2.31. The Morgan fingerprint density at radius 3 is 2.58 bits per heavy atom. The van der Waals surface area contributed by atoms with Crippen LogP contribution in [0.1, 0.15) is 30.1 Å². The lowest BCUT2D eigenvalue weighted by Crippen LogP contribution is -2.40. The molecule has 2 aliphatic rings. The number of hydrogen-bond donors (Lipinski definition) is 1. The average molecular weight is 474 g/mol. The van der Waals surface area contributed by atoms with Gasteiger partial charge < -0.3 is 19.7 Å². The summed E-state index contributed by atoms with van der Waals surface area (Å²) < 4.78 is 38.8. The Morgan fingerprint density at radius 2 is 1.88 bits per heavy atom. The molecule has 2 aromatic carbocycles. The molecule has 9 nitrogen and oxygen atoms in total. The van der Waals surface area contributed by atoms with E-state index in [1.165, 1.54) is 10.4 Å². The Bertz CT molecular complexity index is 1140. The quantitative estimate of drug-likeness (QED) is 0.662. The lowest BCUT2D eigenvalue weighted by atomic mass is 10.1. The normalized spacial score (nSPS) is 17.2. The van der Waals surface area contributed by atoms with E-state index in [4.69, 9.17) is 9.47 Å². The summed E-state index contributed by atoms with van der Waals surface area (Å²) in [6.07, 6.45) is 1.20. The molecule has 2 amide bonds. The van der Waals surface area contributed by atoms with Crippen molar-refractivity contribution in [2.45, 2.75) is 24.7 Å². The number of anilines is 2. The maximum absolute atomic E-state index is 13.3. The van der Waals surface area contributed by atoms with Crippen LogP contribution in [0.25, 0.3) is 0 Å². The van der Waals surface area contributed by atoms with Crippen LogP contribution in [0.2, 0.25) is 0 Å². The van der Waals surface area contributed by atoms with E-state index in [1.807, 2.05) is 0 Å². The van der Waals surface area contributed by atoms with Gasteiger partial charge in [0.2, 0.25) is 15.9 Å². The Hall–Kier alpha value is -2.95. The summed E-state index contributed by atoms with van der Waals surface area (Å²) in [5.74, 6) is -0.218. The maximum Gasteiger partial charge on any atom is 0.257 e. The van der Waals surface area contributed by atoms with E-state index in [9.17, 15) is 18.0 Å². The van der Waals surface area contributed by atoms with Gasteiger partial charge in [0.1, 0.15) is 10.6 Å². The van der Waals surface area contributed by atoms with Gasteiger partial charge in [0, 0.05) is 31.7 Å². The van der Waals surface area contributed by atoms with E-state index >= 15 is 0 Å².